The maximum atomic E-state index is 12.9. The van der Waals surface area contributed by atoms with Crippen LogP contribution in [0.25, 0.3) is 11.0 Å². The van der Waals surface area contributed by atoms with Gasteiger partial charge in [-0.3, -0.25) is 4.79 Å². The van der Waals surface area contributed by atoms with Crippen molar-refractivity contribution in [2.75, 3.05) is 25.2 Å². The van der Waals surface area contributed by atoms with Gasteiger partial charge in [0.2, 0.25) is 5.91 Å². The third kappa shape index (κ3) is 4.74. The number of nitrogens with zero attached hydrogens (tertiary/aromatic N) is 3. The number of benzene rings is 3. The van der Waals surface area contributed by atoms with E-state index in [0.29, 0.717) is 19.6 Å². The summed E-state index contributed by atoms with van der Waals surface area (Å²) < 4.78 is 13.6. The van der Waals surface area contributed by atoms with Crippen LogP contribution >= 0.6 is 0 Å². The summed E-state index contributed by atoms with van der Waals surface area (Å²) in [6, 6.07) is 22.1. The van der Waals surface area contributed by atoms with Gasteiger partial charge in [0, 0.05) is 31.1 Å². The van der Waals surface area contributed by atoms with E-state index >= 15 is 0 Å². The van der Waals surface area contributed by atoms with Gasteiger partial charge in [-0.05, 0) is 79.9 Å². The summed E-state index contributed by atoms with van der Waals surface area (Å²) in [7, 11) is 1.64. The molecule has 5 rings (SSSR count). The van der Waals surface area contributed by atoms with Crippen LogP contribution in [0, 0.1) is 13.8 Å². The van der Waals surface area contributed by atoms with Crippen LogP contribution in [0.5, 0.6) is 11.5 Å². The number of hydrogen-bond donors (Lipinski definition) is 0. The Bertz CT molecular complexity index is 1340. The molecule has 0 spiro atoms. The van der Waals surface area contributed by atoms with Crippen LogP contribution in [0.3, 0.4) is 0 Å². The number of amides is 1. The van der Waals surface area contributed by atoms with Crippen molar-refractivity contribution >= 4 is 22.6 Å². The van der Waals surface area contributed by atoms with E-state index in [0.717, 1.165) is 47.0 Å². The van der Waals surface area contributed by atoms with Gasteiger partial charge in [-0.25, -0.2) is 4.98 Å². The largest absolute Gasteiger partial charge is 0.497 e. The van der Waals surface area contributed by atoms with E-state index in [1.54, 1.807) is 7.11 Å². The molecule has 1 unspecified atom stereocenters. The van der Waals surface area contributed by atoms with Gasteiger partial charge in [-0.2, -0.15) is 0 Å². The standard InChI is InChI=1S/C29H31N3O3/c1-20-9-12-25(17-21(20)2)35-16-6-15-31-27-8-5-4-7-26(27)30-29(31)22-18-28(33)32(19-22)23-10-13-24(34-3)14-11-23/h4-5,7-14,17,22H,6,15-16,18-19H2,1-3H3. The average Bonchev–Trinajstić information content (AvgIpc) is 3.44. The monoisotopic (exact) mass is 469 g/mol. The predicted molar refractivity (Wildman–Crippen MR) is 138 cm³/mol. The van der Waals surface area contributed by atoms with Crippen molar-refractivity contribution in [1.82, 2.24) is 9.55 Å². The molecule has 0 bridgehead atoms. The normalized spacial score (nSPS) is 15.7. The molecule has 4 aromatic rings. The first-order chi connectivity index (χ1) is 17.0. The highest BCUT2D eigenvalue weighted by molar-refractivity contribution is 5.96. The van der Waals surface area contributed by atoms with Gasteiger partial charge in [0.25, 0.3) is 0 Å². The molecular weight excluding hydrogens is 438 g/mol. The van der Waals surface area contributed by atoms with Gasteiger partial charge >= 0.3 is 0 Å². The van der Waals surface area contributed by atoms with Crippen molar-refractivity contribution in [3.63, 3.8) is 0 Å². The zero-order valence-electron chi connectivity index (χ0n) is 20.5. The van der Waals surface area contributed by atoms with Gasteiger partial charge < -0.3 is 18.9 Å². The fourth-order valence-electron chi connectivity index (χ4n) is 4.75. The Morgan fingerprint density at radius 2 is 1.74 bits per heavy atom. The number of anilines is 1. The molecule has 2 heterocycles. The number of para-hydroxylation sites is 2. The molecule has 0 N–H and O–H groups in total. The van der Waals surface area contributed by atoms with Crippen molar-refractivity contribution in [2.24, 2.45) is 0 Å². The second kappa shape index (κ2) is 9.82. The Labute approximate surface area is 206 Å². The third-order valence-electron chi connectivity index (χ3n) is 6.83. The molecule has 1 amide bonds. The summed E-state index contributed by atoms with van der Waals surface area (Å²) >= 11 is 0. The molecule has 1 aliphatic rings. The second-order valence-corrected chi connectivity index (χ2v) is 9.16. The average molecular weight is 470 g/mol. The molecule has 1 fully saturated rings. The topological polar surface area (TPSA) is 56.6 Å². The van der Waals surface area contributed by atoms with E-state index in [2.05, 4.69) is 36.6 Å². The minimum absolute atomic E-state index is 0.0395. The summed E-state index contributed by atoms with van der Waals surface area (Å²) in [5.74, 6) is 2.82. The molecule has 0 radical (unpaired) electrons. The van der Waals surface area contributed by atoms with Crippen molar-refractivity contribution in [3.05, 3.63) is 83.7 Å². The van der Waals surface area contributed by atoms with Crippen LogP contribution in [-0.4, -0.2) is 35.7 Å². The summed E-state index contributed by atoms with van der Waals surface area (Å²) in [6.07, 6.45) is 1.30. The highest BCUT2D eigenvalue weighted by Crippen LogP contribution is 2.34. The molecule has 6 nitrogen and oxygen atoms in total. The molecule has 1 aromatic heterocycles. The van der Waals surface area contributed by atoms with Crippen molar-refractivity contribution in [3.8, 4) is 11.5 Å². The summed E-state index contributed by atoms with van der Waals surface area (Å²) in [4.78, 5) is 19.8. The first kappa shape index (κ1) is 23.0. The van der Waals surface area contributed by atoms with Crippen LogP contribution < -0.4 is 14.4 Å². The second-order valence-electron chi connectivity index (χ2n) is 9.16. The van der Waals surface area contributed by atoms with Gasteiger partial charge in [0.05, 0.1) is 24.8 Å². The van der Waals surface area contributed by atoms with Gasteiger partial charge in [-0.1, -0.05) is 18.2 Å². The molecule has 0 aliphatic carbocycles. The van der Waals surface area contributed by atoms with Gasteiger partial charge in [0.15, 0.2) is 0 Å². The minimum Gasteiger partial charge on any atom is -0.497 e. The highest BCUT2D eigenvalue weighted by Gasteiger charge is 2.34. The molecule has 35 heavy (non-hydrogen) atoms. The third-order valence-corrected chi connectivity index (χ3v) is 6.83. The first-order valence-electron chi connectivity index (χ1n) is 12.1. The Morgan fingerprint density at radius 3 is 2.51 bits per heavy atom. The fourth-order valence-corrected chi connectivity index (χ4v) is 4.75. The predicted octanol–water partition coefficient (Wildman–Crippen LogP) is 5.65. The van der Waals surface area contributed by atoms with Crippen LogP contribution in [0.15, 0.2) is 66.7 Å². The number of ether oxygens (including phenoxy) is 2. The molecule has 180 valence electrons. The molecule has 1 aliphatic heterocycles. The van der Waals surface area contributed by atoms with Gasteiger partial charge in [-0.15, -0.1) is 0 Å². The van der Waals surface area contributed by atoms with Crippen molar-refractivity contribution in [1.29, 1.82) is 0 Å². The quantitative estimate of drug-likeness (QED) is 0.313. The summed E-state index contributed by atoms with van der Waals surface area (Å²) in [5.41, 5.74) is 5.46. The zero-order valence-corrected chi connectivity index (χ0v) is 20.5. The Morgan fingerprint density at radius 1 is 0.971 bits per heavy atom. The fraction of sp³-hybridized carbons (Fsp3) is 0.310. The number of fused-ring (bicyclic) bond motifs is 1. The van der Waals surface area contributed by atoms with E-state index in [1.807, 2.05) is 53.4 Å². The number of hydrogen-bond acceptors (Lipinski definition) is 4. The van der Waals surface area contributed by atoms with Crippen LogP contribution in [-0.2, 0) is 11.3 Å². The smallest absolute Gasteiger partial charge is 0.227 e. The molecule has 6 heteroatoms. The summed E-state index contributed by atoms with van der Waals surface area (Å²) in [6.45, 7) is 6.23. The lowest BCUT2D eigenvalue weighted by Gasteiger charge is -2.18. The maximum absolute atomic E-state index is 12.9. The van der Waals surface area contributed by atoms with E-state index in [9.17, 15) is 4.79 Å². The van der Waals surface area contributed by atoms with Crippen LogP contribution in [0.2, 0.25) is 0 Å². The van der Waals surface area contributed by atoms with Gasteiger partial charge in [0.1, 0.15) is 17.3 Å². The van der Waals surface area contributed by atoms with E-state index in [4.69, 9.17) is 14.5 Å². The molecular formula is C29H31N3O3. The van der Waals surface area contributed by atoms with E-state index in [-0.39, 0.29) is 11.8 Å². The van der Waals surface area contributed by atoms with Crippen LogP contribution in [0.1, 0.15) is 35.7 Å². The van der Waals surface area contributed by atoms with Crippen molar-refractivity contribution in [2.45, 2.75) is 39.2 Å². The number of carbonyl (C=O) groups excluding carboxylic acids is 1. The Hall–Kier alpha value is -3.80. The number of methoxy groups -OCH3 is 1. The lowest BCUT2D eigenvalue weighted by molar-refractivity contribution is -0.117. The van der Waals surface area contributed by atoms with Crippen molar-refractivity contribution < 1.29 is 14.3 Å². The number of carbonyl (C=O) groups is 1. The van der Waals surface area contributed by atoms with E-state index < -0.39 is 0 Å². The number of aromatic nitrogens is 2. The Kier molecular flexibility index (Phi) is 6.45. The first-order valence-corrected chi connectivity index (χ1v) is 12.1. The number of imidazole rings is 1. The Balaban J connectivity index is 1.32. The minimum atomic E-state index is 0.0395. The molecule has 1 saturated heterocycles. The maximum Gasteiger partial charge on any atom is 0.227 e. The number of rotatable bonds is 8. The zero-order chi connectivity index (χ0) is 24.4. The van der Waals surface area contributed by atoms with E-state index in [1.165, 1.54) is 11.1 Å². The lowest BCUT2D eigenvalue weighted by atomic mass is 10.1. The lowest BCUT2D eigenvalue weighted by Crippen LogP contribution is -2.24. The summed E-state index contributed by atoms with van der Waals surface area (Å²) in [5, 5.41) is 0. The molecule has 1 atom stereocenters. The SMILES string of the molecule is COc1ccc(N2CC(c3nc4ccccc4n3CCCOc3ccc(C)c(C)c3)CC2=O)cc1. The highest BCUT2D eigenvalue weighted by atomic mass is 16.5. The molecule has 3 aromatic carbocycles. The van der Waals surface area contributed by atoms with Crippen LogP contribution in [0.4, 0.5) is 5.69 Å². The number of aryl methyl sites for hydroxylation is 3. The molecule has 0 saturated carbocycles.